The molecular weight excluding hydrogens is 300 g/mol. The normalized spacial score (nSPS) is 14.1. The average Bonchev–Trinajstić information content (AvgIpc) is 3.25. The number of fused-ring (bicyclic) bond motifs is 1. The summed E-state index contributed by atoms with van der Waals surface area (Å²) in [6.07, 6.45) is 2.65. The van der Waals surface area contributed by atoms with Crippen LogP contribution in [0.2, 0.25) is 0 Å². The number of furan rings is 1. The van der Waals surface area contributed by atoms with Crippen LogP contribution in [0.1, 0.15) is 29.7 Å². The van der Waals surface area contributed by atoms with Crippen molar-refractivity contribution in [2.24, 2.45) is 0 Å². The number of carbonyl (C=O) groups is 1. The summed E-state index contributed by atoms with van der Waals surface area (Å²) in [5.74, 6) is 1.76. The van der Waals surface area contributed by atoms with Crippen molar-refractivity contribution in [2.75, 3.05) is 0 Å². The van der Waals surface area contributed by atoms with Crippen LogP contribution in [-0.2, 0) is 11.2 Å². The molecule has 1 aromatic carbocycles. The van der Waals surface area contributed by atoms with Crippen molar-refractivity contribution in [2.45, 2.75) is 39.2 Å². The minimum Gasteiger partial charge on any atom is -0.460 e. The van der Waals surface area contributed by atoms with Crippen LogP contribution in [0, 0.1) is 13.8 Å². The molecule has 1 aliphatic rings. The van der Waals surface area contributed by atoms with Gasteiger partial charge in [-0.15, -0.1) is 0 Å². The van der Waals surface area contributed by atoms with Crippen LogP contribution in [0.5, 0.6) is 0 Å². The predicted molar refractivity (Wildman–Crippen MR) is 93.8 cm³/mol. The predicted octanol–water partition coefficient (Wildman–Crippen LogP) is 3.93. The van der Waals surface area contributed by atoms with Gasteiger partial charge in [-0.2, -0.15) is 0 Å². The van der Waals surface area contributed by atoms with E-state index >= 15 is 0 Å². The number of rotatable bonds is 4. The van der Waals surface area contributed by atoms with Gasteiger partial charge in [-0.05, 0) is 68.1 Å². The summed E-state index contributed by atoms with van der Waals surface area (Å²) in [6.45, 7) is 3.99. The standard InChI is InChI=1S/C20H20N2O2/c1-12-9-18(19-8-3-13(2)24-19)22-17-7-4-14(10-16(12)17)11-20(23)21-15-5-6-15/h3-4,7-10,15H,5-6,11H2,1-2H3,(H,21,23). The second-order valence-corrected chi connectivity index (χ2v) is 6.60. The van der Waals surface area contributed by atoms with Gasteiger partial charge in [-0.25, -0.2) is 4.98 Å². The van der Waals surface area contributed by atoms with Crippen LogP contribution in [0.25, 0.3) is 22.4 Å². The van der Waals surface area contributed by atoms with Gasteiger partial charge in [-0.3, -0.25) is 4.79 Å². The van der Waals surface area contributed by atoms with Crippen molar-refractivity contribution < 1.29 is 9.21 Å². The van der Waals surface area contributed by atoms with Crippen LogP contribution in [0.15, 0.2) is 40.8 Å². The van der Waals surface area contributed by atoms with Crippen LogP contribution in [-0.4, -0.2) is 16.9 Å². The molecule has 0 atom stereocenters. The van der Waals surface area contributed by atoms with Crippen molar-refractivity contribution in [3.63, 3.8) is 0 Å². The molecule has 122 valence electrons. The quantitative estimate of drug-likeness (QED) is 0.792. The van der Waals surface area contributed by atoms with Gasteiger partial charge < -0.3 is 9.73 Å². The van der Waals surface area contributed by atoms with E-state index < -0.39 is 0 Å². The van der Waals surface area contributed by atoms with Gasteiger partial charge in [0.1, 0.15) is 11.5 Å². The molecule has 24 heavy (non-hydrogen) atoms. The SMILES string of the molecule is Cc1ccc(-c2cc(C)c3cc(CC(=O)NC4CC4)ccc3n2)o1. The van der Waals surface area contributed by atoms with Gasteiger partial charge in [0.25, 0.3) is 0 Å². The largest absolute Gasteiger partial charge is 0.460 e. The number of benzene rings is 1. The molecule has 1 N–H and O–H groups in total. The lowest BCUT2D eigenvalue weighted by Gasteiger charge is -2.08. The van der Waals surface area contributed by atoms with E-state index in [9.17, 15) is 4.79 Å². The number of nitrogens with zero attached hydrogens (tertiary/aromatic N) is 1. The third kappa shape index (κ3) is 3.04. The Bertz CT molecular complexity index is 923. The summed E-state index contributed by atoms with van der Waals surface area (Å²) in [4.78, 5) is 16.7. The number of aryl methyl sites for hydroxylation is 2. The summed E-state index contributed by atoms with van der Waals surface area (Å²) < 4.78 is 5.68. The molecule has 0 bridgehead atoms. The Morgan fingerprint density at radius 2 is 2.04 bits per heavy atom. The number of hydrogen-bond acceptors (Lipinski definition) is 3. The number of nitrogens with one attached hydrogen (secondary N) is 1. The van der Waals surface area contributed by atoms with Crippen molar-refractivity contribution in [3.05, 3.63) is 53.3 Å². The van der Waals surface area contributed by atoms with Crippen LogP contribution in [0.4, 0.5) is 0 Å². The zero-order valence-electron chi connectivity index (χ0n) is 13.9. The molecule has 0 aliphatic heterocycles. The first-order chi connectivity index (χ1) is 11.6. The molecule has 1 aliphatic carbocycles. The molecule has 1 amide bonds. The molecule has 4 heteroatoms. The molecule has 1 saturated carbocycles. The van der Waals surface area contributed by atoms with E-state index in [-0.39, 0.29) is 5.91 Å². The third-order valence-electron chi connectivity index (χ3n) is 4.38. The molecule has 3 aromatic rings. The second-order valence-electron chi connectivity index (χ2n) is 6.60. The van der Waals surface area contributed by atoms with Gasteiger partial charge in [-0.1, -0.05) is 6.07 Å². The zero-order valence-corrected chi connectivity index (χ0v) is 13.9. The minimum atomic E-state index is 0.102. The van der Waals surface area contributed by atoms with E-state index in [0.717, 1.165) is 52.1 Å². The molecule has 0 unspecified atom stereocenters. The maximum Gasteiger partial charge on any atom is 0.224 e. The molecular formula is C20H20N2O2. The van der Waals surface area contributed by atoms with Crippen LogP contribution in [0.3, 0.4) is 0 Å². The van der Waals surface area contributed by atoms with E-state index in [1.54, 1.807) is 0 Å². The van der Waals surface area contributed by atoms with E-state index in [2.05, 4.69) is 18.3 Å². The smallest absolute Gasteiger partial charge is 0.224 e. The monoisotopic (exact) mass is 320 g/mol. The van der Waals surface area contributed by atoms with E-state index in [4.69, 9.17) is 9.40 Å². The summed E-state index contributed by atoms with van der Waals surface area (Å²) in [5.41, 5.74) is 3.92. The maximum absolute atomic E-state index is 12.0. The second kappa shape index (κ2) is 5.78. The van der Waals surface area contributed by atoms with Gasteiger partial charge in [0, 0.05) is 11.4 Å². The number of hydrogen-bond donors (Lipinski definition) is 1. The van der Waals surface area contributed by atoms with Crippen molar-refractivity contribution in [1.82, 2.24) is 10.3 Å². The minimum absolute atomic E-state index is 0.102. The first-order valence-electron chi connectivity index (χ1n) is 8.35. The Morgan fingerprint density at radius 3 is 2.75 bits per heavy atom. The van der Waals surface area contributed by atoms with Crippen molar-refractivity contribution in [1.29, 1.82) is 0 Å². The lowest BCUT2D eigenvalue weighted by atomic mass is 10.0. The fourth-order valence-corrected chi connectivity index (χ4v) is 2.94. The number of amides is 1. The van der Waals surface area contributed by atoms with Gasteiger partial charge in [0.05, 0.1) is 11.9 Å². The Hall–Kier alpha value is -2.62. The van der Waals surface area contributed by atoms with Crippen molar-refractivity contribution in [3.8, 4) is 11.5 Å². The van der Waals surface area contributed by atoms with Crippen LogP contribution < -0.4 is 5.32 Å². The molecule has 0 spiro atoms. The Kier molecular flexibility index (Phi) is 3.60. The van der Waals surface area contributed by atoms with E-state index in [1.165, 1.54) is 0 Å². The number of carbonyl (C=O) groups excluding carboxylic acids is 1. The van der Waals surface area contributed by atoms with Crippen LogP contribution >= 0.6 is 0 Å². The molecule has 0 saturated heterocycles. The lowest BCUT2D eigenvalue weighted by Crippen LogP contribution is -2.26. The van der Waals surface area contributed by atoms with E-state index in [1.807, 2.05) is 37.3 Å². The van der Waals surface area contributed by atoms with Crippen molar-refractivity contribution >= 4 is 16.8 Å². The zero-order chi connectivity index (χ0) is 16.7. The highest BCUT2D eigenvalue weighted by atomic mass is 16.3. The van der Waals surface area contributed by atoms with E-state index in [0.29, 0.717) is 12.5 Å². The summed E-state index contributed by atoms with van der Waals surface area (Å²) in [5, 5.41) is 4.11. The van der Waals surface area contributed by atoms with Gasteiger partial charge >= 0.3 is 0 Å². The van der Waals surface area contributed by atoms with Gasteiger partial charge in [0.2, 0.25) is 5.91 Å². The fraction of sp³-hybridized carbons (Fsp3) is 0.300. The Morgan fingerprint density at radius 1 is 1.21 bits per heavy atom. The summed E-state index contributed by atoms with van der Waals surface area (Å²) in [6, 6.07) is 12.4. The molecule has 2 heterocycles. The van der Waals surface area contributed by atoms with Gasteiger partial charge in [0.15, 0.2) is 5.76 Å². The first-order valence-corrected chi connectivity index (χ1v) is 8.35. The molecule has 0 radical (unpaired) electrons. The molecule has 4 nitrogen and oxygen atoms in total. The Balaban J connectivity index is 1.64. The maximum atomic E-state index is 12.0. The topological polar surface area (TPSA) is 55.1 Å². The average molecular weight is 320 g/mol. The highest BCUT2D eigenvalue weighted by Gasteiger charge is 2.23. The highest BCUT2D eigenvalue weighted by molar-refractivity contribution is 5.87. The third-order valence-corrected chi connectivity index (χ3v) is 4.38. The number of pyridine rings is 1. The molecule has 1 fully saturated rings. The molecule has 4 rings (SSSR count). The lowest BCUT2D eigenvalue weighted by molar-refractivity contribution is -0.120. The fourth-order valence-electron chi connectivity index (χ4n) is 2.94. The summed E-state index contributed by atoms with van der Waals surface area (Å²) in [7, 11) is 0. The highest BCUT2D eigenvalue weighted by Crippen LogP contribution is 2.26. The summed E-state index contributed by atoms with van der Waals surface area (Å²) >= 11 is 0. The number of aromatic nitrogens is 1. The Labute approximate surface area is 140 Å². The first kappa shape index (κ1) is 14.9. The molecule has 2 aromatic heterocycles.